The summed E-state index contributed by atoms with van der Waals surface area (Å²) in [5.41, 5.74) is 1.33. The van der Waals surface area contributed by atoms with Gasteiger partial charge in [-0.15, -0.1) is 0 Å². The highest BCUT2D eigenvalue weighted by molar-refractivity contribution is 5.80. The Bertz CT molecular complexity index is 620. The summed E-state index contributed by atoms with van der Waals surface area (Å²) in [4.78, 5) is 29.4. The highest BCUT2D eigenvalue weighted by Gasteiger charge is 2.32. The number of esters is 1. The van der Waals surface area contributed by atoms with E-state index in [0.29, 0.717) is 13.0 Å². The largest absolute Gasteiger partial charge is 0.469 e. The second-order valence-electron chi connectivity index (χ2n) is 8.19. The smallest absolute Gasteiger partial charge is 0.307 e. The lowest BCUT2D eigenvalue weighted by Gasteiger charge is -2.40. The number of amides is 1. The Morgan fingerprint density at radius 2 is 1.71 bits per heavy atom. The van der Waals surface area contributed by atoms with Gasteiger partial charge in [0.15, 0.2) is 0 Å². The Kier molecular flexibility index (Phi) is 7.90. The topological polar surface area (TPSA) is 49.9 Å². The minimum absolute atomic E-state index is 0.147. The van der Waals surface area contributed by atoms with Crippen LogP contribution in [0.1, 0.15) is 56.9 Å². The quantitative estimate of drug-likeness (QED) is 0.672. The fourth-order valence-corrected chi connectivity index (χ4v) is 4.60. The molecule has 5 nitrogen and oxygen atoms in total. The predicted octanol–water partition coefficient (Wildman–Crippen LogP) is 3.62. The second-order valence-corrected chi connectivity index (χ2v) is 8.19. The van der Waals surface area contributed by atoms with Gasteiger partial charge in [0, 0.05) is 38.1 Å². The monoisotopic (exact) mass is 386 g/mol. The number of carbonyl (C=O) groups is 2. The number of ether oxygens (including phenoxy) is 1. The fourth-order valence-electron chi connectivity index (χ4n) is 4.60. The molecule has 0 unspecified atom stereocenters. The Balaban J connectivity index is 1.58. The zero-order valence-corrected chi connectivity index (χ0v) is 17.1. The highest BCUT2D eigenvalue weighted by atomic mass is 16.5. The first-order chi connectivity index (χ1) is 13.7. The summed E-state index contributed by atoms with van der Waals surface area (Å²) >= 11 is 0. The standard InChI is InChI=1S/C23H34N2O3/c1-28-22(26)14-17-25(23(27)20-10-6-3-7-11-20)21-12-15-24(16-13-21)18-19-8-4-2-5-9-19/h2,4-5,8-9,20-21H,3,6-7,10-18H2,1H3. The van der Waals surface area contributed by atoms with Gasteiger partial charge in [0.2, 0.25) is 5.91 Å². The first kappa shape index (κ1) is 20.8. The average Bonchev–Trinajstić information content (AvgIpc) is 2.76. The summed E-state index contributed by atoms with van der Waals surface area (Å²) in [6.45, 7) is 3.44. The van der Waals surface area contributed by atoms with Crippen LogP contribution in [0.15, 0.2) is 30.3 Å². The lowest BCUT2D eigenvalue weighted by atomic mass is 9.87. The summed E-state index contributed by atoms with van der Waals surface area (Å²) < 4.78 is 4.81. The molecule has 1 amide bonds. The van der Waals surface area contributed by atoms with Crippen molar-refractivity contribution in [3.63, 3.8) is 0 Å². The van der Waals surface area contributed by atoms with Gasteiger partial charge in [0.05, 0.1) is 13.5 Å². The lowest BCUT2D eigenvalue weighted by Crippen LogP contribution is -2.50. The van der Waals surface area contributed by atoms with E-state index in [1.165, 1.54) is 19.1 Å². The fraction of sp³-hybridized carbons (Fsp3) is 0.652. The SMILES string of the molecule is COC(=O)CCN(C(=O)C1CCCCC1)C1CCN(Cc2ccccc2)CC1. The maximum atomic E-state index is 13.2. The molecule has 0 N–H and O–H groups in total. The molecule has 1 heterocycles. The van der Waals surface area contributed by atoms with Gasteiger partial charge in [-0.05, 0) is 31.2 Å². The Morgan fingerprint density at radius 1 is 1.04 bits per heavy atom. The minimum atomic E-state index is -0.233. The first-order valence-electron chi connectivity index (χ1n) is 10.8. The molecule has 1 saturated carbocycles. The van der Waals surface area contributed by atoms with E-state index >= 15 is 0 Å². The van der Waals surface area contributed by atoms with Crippen LogP contribution in [0.2, 0.25) is 0 Å². The van der Waals surface area contributed by atoms with Crippen LogP contribution >= 0.6 is 0 Å². The van der Waals surface area contributed by atoms with Crippen molar-refractivity contribution >= 4 is 11.9 Å². The number of piperidine rings is 1. The van der Waals surface area contributed by atoms with Gasteiger partial charge < -0.3 is 9.64 Å². The van der Waals surface area contributed by atoms with Crippen molar-refractivity contribution in [1.29, 1.82) is 0 Å². The van der Waals surface area contributed by atoms with Crippen LogP contribution in [-0.4, -0.2) is 54.5 Å². The number of methoxy groups -OCH3 is 1. The van der Waals surface area contributed by atoms with Gasteiger partial charge in [0.25, 0.3) is 0 Å². The van der Waals surface area contributed by atoms with Crippen molar-refractivity contribution in [1.82, 2.24) is 9.80 Å². The molecule has 0 bridgehead atoms. The van der Waals surface area contributed by atoms with E-state index in [2.05, 4.69) is 29.2 Å². The molecule has 0 radical (unpaired) electrons. The summed E-state index contributed by atoms with van der Waals surface area (Å²) in [6.07, 6.45) is 7.79. The first-order valence-corrected chi connectivity index (χ1v) is 10.8. The zero-order valence-electron chi connectivity index (χ0n) is 17.1. The molecule has 3 rings (SSSR count). The van der Waals surface area contributed by atoms with E-state index in [9.17, 15) is 9.59 Å². The molecule has 2 aliphatic rings. The third-order valence-electron chi connectivity index (χ3n) is 6.27. The van der Waals surface area contributed by atoms with E-state index < -0.39 is 0 Å². The average molecular weight is 387 g/mol. The molecule has 28 heavy (non-hydrogen) atoms. The van der Waals surface area contributed by atoms with Crippen molar-refractivity contribution in [3.8, 4) is 0 Å². The molecule has 154 valence electrons. The summed E-state index contributed by atoms with van der Waals surface area (Å²) in [6, 6.07) is 10.8. The van der Waals surface area contributed by atoms with Gasteiger partial charge in [-0.25, -0.2) is 0 Å². The van der Waals surface area contributed by atoms with Gasteiger partial charge >= 0.3 is 5.97 Å². The van der Waals surface area contributed by atoms with Crippen molar-refractivity contribution in [2.45, 2.75) is 64.0 Å². The van der Waals surface area contributed by atoms with Gasteiger partial charge in [-0.2, -0.15) is 0 Å². The minimum Gasteiger partial charge on any atom is -0.469 e. The highest BCUT2D eigenvalue weighted by Crippen LogP contribution is 2.28. The maximum Gasteiger partial charge on any atom is 0.307 e. The molecule has 0 spiro atoms. The van der Waals surface area contributed by atoms with Crippen LogP contribution < -0.4 is 0 Å². The van der Waals surface area contributed by atoms with Crippen molar-refractivity contribution in [3.05, 3.63) is 35.9 Å². The molecular formula is C23H34N2O3. The van der Waals surface area contributed by atoms with Crippen LogP contribution in [0, 0.1) is 5.92 Å². The molecule has 1 saturated heterocycles. The van der Waals surface area contributed by atoms with Crippen LogP contribution in [0.5, 0.6) is 0 Å². The van der Waals surface area contributed by atoms with Gasteiger partial charge in [0.1, 0.15) is 0 Å². The van der Waals surface area contributed by atoms with Crippen molar-refractivity contribution in [2.75, 3.05) is 26.7 Å². The molecule has 0 atom stereocenters. The molecular weight excluding hydrogens is 352 g/mol. The van der Waals surface area contributed by atoms with Crippen LogP contribution in [0.25, 0.3) is 0 Å². The summed E-state index contributed by atoms with van der Waals surface area (Å²) in [5.74, 6) is 0.182. The van der Waals surface area contributed by atoms with Crippen LogP contribution in [-0.2, 0) is 20.9 Å². The number of likely N-dealkylation sites (tertiary alicyclic amines) is 1. The van der Waals surface area contributed by atoms with E-state index in [1.807, 2.05) is 11.0 Å². The Morgan fingerprint density at radius 3 is 2.36 bits per heavy atom. The number of nitrogens with zero attached hydrogens (tertiary/aromatic N) is 2. The normalized spacial score (nSPS) is 19.3. The van der Waals surface area contributed by atoms with E-state index in [4.69, 9.17) is 4.74 Å². The predicted molar refractivity (Wildman–Crippen MR) is 110 cm³/mol. The van der Waals surface area contributed by atoms with Crippen molar-refractivity contribution in [2.24, 2.45) is 5.92 Å². The molecule has 0 aromatic heterocycles. The number of benzene rings is 1. The number of carbonyl (C=O) groups excluding carboxylic acids is 2. The molecule has 2 fully saturated rings. The van der Waals surface area contributed by atoms with E-state index in [1.54, 1.807) is 0 Å². The summed E-state index contributed by atoms with van der Waals surface area (Å²) in [5, 5.41) is 0. The second kappa shape index (κ2) is 10.6. The molecule has 1 aliphatic heterocycles. The van der Waals surface area contributed by atoms with Crippen LogP contribution in [0.3, 0.4) is 0 Å². The van der Waals surface area contributed by atoms with E-state index in [0.717, 1.165) is 58.2 Å². The van der Waals surface area contributed by atoms with Gasteiger partial charge in [-0.1, -0.05) is 49.6 Å². The van der Waals surface area contributed by atoms with E-state index in [-0.39, 0.29) is 23.8 Å². The summed E-state index contributed by atoms with van der Waals surface area (Å²) in [7, 11) is 1.41. The molecule has 1 aromatic carbocycles. The zero-order chi connectivity index (χ0) is 19.8. The van der Waals surface area contributed by atoms with Gasteiger partial charge in [-0.3, -0.25) is 14.5 Å². The maximum absolute atomic E-state index is 13.2. The number of hydrogen-bond donors (Lipinski definition) is 0. The number of rotatable bonds is 7. The third-order valence-corrected chi connectivity index (χ3v) is 6.27. The Labute approximate surface area is 169 Å². The lowest BCUT2D eigenvalue weighted by molar-refractivity contribution is -0.144. The molecule has 5 heteroatoms. The van der Waals surface area contributed by atoms with Crippen LogP contribution in [0.4, 0.5) is 0 Å². The Hall–Kier alpha value is -1.88. The third kappa shape index (κ3) is 5.81. The molecule has 1 aliphatic carbocycles. The van der Waals surface area contributed by atoms with Crippen molar-refractivity contribution < 1.29 is 14.3 Å². The number of hydrogen-bond acceptors (Lipinski definition) is 4. The molecule has 1 aromatic rings.